The van der Waals surface area contributed by atoms with Gasteiger partial charge in [-0.15, -0.1) is 0 Å². The Labute approximate surface area is 333 Å². The third-order valence-corrected chi connectivity index (χ3v) is 24.9. The van der Waals surface area contributed by atoms with Gasteiger partial charge in [0.2, 0.25) is 0 Å². The molecule has 0 aromatic rings. The quantitative estimate of drug-likeness (QED) is 0.130. The Kier molecular flexibility index (Phi) is 13.3. The first-order valence-corrected chi connectivity index (χ1v) is 27.7. The highest BCUT2D eigenvalue weighted by atomic mass is 28.4. The van der Waals surface area contributed by atoms with Gasteiger partial charge in [-0.3, -0.25) is 4.79 Å². The number of fused-ring (bicyclic) bond motifs is 1. The zero-order valence-corrected chi connectivity index (χ0v) is 39.1. The zero-order valence-electron chi connectivity index (χ0n) is 37.1. The van der Waals surface area contributed by atoms with Crippen LogP contribution in [-0.4, -0.2) is 53.6 Å². The number of ketones is 1. The SMILES string of the molecule is C=C1/C(=C\C=C2/CCC[C@]3(C)[C@@H]([C@H](C)/C=C/C(=O)CCC4(C5(CCC)OCCO5)CC4)CC[C@@H]23)C[C@@H](O[Si](C)(C)C(C)(C)C)C[C@@H]1O[Si](C)(C)C(C)(C)C. The molecular formula is C47H80O5Si2. The van der Waals surface area contributed by atoms with E-state index in [0.29, 0.717) is 37.4 Å². The van der Waals surface area contributed by atoms with Crippen LogP contribution in [0.5, 0.6) is 0 Å². The Bertz CT molecular complexity index is 1450. The molecule has 0 amide bonds. The maximum Gasteiger partial charge on any atom is 0.192 e. The minimum absolute atomic E-state index is 0.00136. The first kappa shape index (κ1) is 44.0. The topological polar surface area (TPSA) is 54.0 Å². The molecule has 6 atom stereocenters. The van der Waals surface area contributed by atoms with E-state index in [4.69, 9.17) is 24.9 Å². The van der Waals surface area contributed by atoms with E-state index in [-0.39, 0.29) is 38.9 Å². The van der Waals surface area contributed by atoms with Crippen molar-refractivity contribution in [1.29, 1.82) is 0 Å². The molecule has 4 saturated carbocycles. The van der Waals surface area contributed by atoms with Gasteiger partial charge in [0, 0.05) is 24.7 Å². The fraction of sp³-hybridized carbons (Fsp3) is 0.809. The standard InChI is InChI=1S/C47H80O5Si2/c1-15-25-47(49-30-31-50-47)46(28-29-46)27-24-38(48)21-18-34(2)40-22-23-41-36(17-16-26-45(40,41)10)19-20-37-32-39(51-53(11,12)43(4,5)6)33-42(35(37)3)52-54(13,14)44(7,8)9/h18-21,34,39-42H,3,15-17,22-33H2,1-2,4-14H3/b21-18+,36-19+,37-20-/t34-,39-,40-,41+,42+,45-/m1/s1. The van der Waals surface area contributed by atoms with E-state index < -0.39 is 22.4 Å². The molecule has 5 fully saturated rings. The van der Waals surface area contributed by atoms with Crippen molar-refractivity contribution < 1.29 is 23.1 Å². The molecule has 5 nitrogen and oxygen atoms in total. The summed E-state index contributed by atoms with van der Waals surface area (Å²) in [6.07, 6.45) is 22.8. The fourth-order valence-electron chi connectivity index (χ4n) is 10.2. The predicted octanol–water partition coefficient (Wildman–Crippen LogP) is 13.1. The summed E-state index contributed by atoms with van der Waals surface area (Å²) in [4.78, 5) is 13.3. The van der Waals surface area contributed by atoms with Crippen molar-refractivity contribution in [2.24, 2.45) is 28.6 Å². The average Bonchev–Trinajstić information content (AvgIpc) is 3.56. The second kappa shape index (κ2) is 16.3. The molecule has 0 unspecified atom stereocenters. The molecule has 0 bridgehead atoms. The number of carbonyl (C=O) groups excluding carboxylic acids is 1. The van der Waals surface area contributed by atoms with Crippen molar-refractivity contribution in [3.63, 3.8) is 0 Å². The van der Waals surface area contributed by atoms with Crippen LogP contribution in [0.3, 0.4) is 0 Å². The molecule has 5 rings (SSSR count). The molecule has 0 spiro atoms. The van der Waals surface area contributed by atoms with Crippen LogP contribution >= 0.6 is 0 Å². The molecule has 7 heteroatoms. The zero-order chi connectivity index (χ0) is 40.0. The van der Waals surface area contributed by atoms with Gasteiger partial charge < -0.3 is 18.3 Å². The van der Waals surface area contributed by atoms with Gasteiger partial charge in [0.15, 0.2) is 28.2 Å². The highest BCUT2D eigenvalue weighted by molar-refractivity contribution is 6.74. The number of rotatable bonds is 14. The smallest absolute Gasteiger partial charge is 0.192 e. The fourth-order valence-corrected chi connectivity index (χ4v) is 12.9. The molecule has 0 N–H and O–H groups in total. The molecule has 1 saturated heterocycles. The van der Waals surface area contributed by atoms with Crippen LogP contribution in [0, 0.1) is 28.6 Å². The van der Waals surface area contributed by atoms with Crippen molar-refractivity contribution in [3.8, 4) is 0 Å². The summed E-state index contributed by atoms with van der Waals surface area (Å²) >= 11 is 0. The molecule has 54 heavy (non-hydrogen) atoms. The van der Waals surface area contributed by atoms with E-state index in [2.05, 4.69) is 107 Å². The number of carbonyl (C=O) groups is 1. The van der Waals surface area contributed by atoms with E-state index in [1.807, 2.05) is 6.08 Å². The maximum absolute atomic E-state index is 13.3. The van der Waals surface area contributed by atoms with Crippen LogP contribution in [0.15, 0.2) is 47.6 Å². The van der Waals surface area contributed by atoms with Gasteiger partial charge >= 0.3 is 0 Å². The Morgan fingerprint density at radius 3 is 2.17 bits per heavy atom. The van der Waals surface area contributed by atoms with Crippen LogP contribution in [0.1, 0.15) is 146 Å². The van der Waals surface area contributed by atoms with E-state index in [1.165, 1.54) is 37.7 Å². The van der Waals surface area contributed by atoms with E-state index >= 15 is 0 Å². The summed E-state index contributed by atoms with van der Waals surface area (Å²) in [7, 11) is -3.97. The van der Waals surface area contributed by atoms with Crippen LogP contribution in [0.4, 0.5) is 0 Å². The summed E-state index contributed by atoms with van der Waals surface area (Å²) in [6.45, 7) is 36.7. The van der Waals surface area contributed by atoms with E-state index in [9.17, 15) is 4.79 Å². The molecule has 1 heterocycles. The van der Waals surface area contributed by atoms with Crippen LogP contribution in [0.2, 0.25) is 36.3 Å². The Balaban J connectivity index is 1.28. The second-order valence-electron chi connectivity index (χ2n) is 21.5. The first-order chi connectivity index (χ1) is 25.0. The van der Waals surface area contributed by atoms with Gasteiger partial charge in [-0.05, 0) is 134 Å². The van der Waals surface area contributed by atoms with Crippen LogP contribution in [0.25, 0.3) is 0 Å². The highest BCUT2D eigenvalue weighted by Crippen LogP contribution is 2.62. The largest absolute Gasteiger partial charge is 0.413 e. The molecule has 1 aliphatic heterocycles. The third kappa shape index (κ3) is 9.12. The van der Waals surface area contributed by atoms with Gasteiger partial charge in [0.1, 0.15) is 0 Å². The second-order valence-corrected chi connectivity index (χ2v) is 31.0. The summed E-state index contributed by atoms with van der Waals surface area (Å²) in [5.74, 6) is 1.35. The molecule has 5 aliphatic rings. The predicted molar refractivity (Wildman–Crippen MR) is 231 cm³/mol. The number of allylic oxidation sites excluding steroid dienone is 5. The monoisotopic (exact) mass is 781 g/mol. The van der Waals surface area contributed by atoms with E-state index in [0.717, 1.165) is 50.5 Å². The lowest BCUT2D eigenvalue weighted by atomic mass is 9.61. The molecule has 4 aliphatic carbocycles. The lowest BCUT2D eigenvalue weighted by Crippen LogP contribution is -2.49. The number of hydrogen-bond acceptors (Lipinski definition) is 5. The first-order valence-electron chi connectivity index (χ1n) is 21.9. The van der Waals surface area contributed by atoms with Gasteiger partial charge in [-0.2, -0.15) is 0 Å². The molecule has 0 aromatic heterocycles. The summed E-state index contributed by atoms with van der Waals surface area (Å²) in [5.41, 5.74) is 4.37. The molecule has 0 radical (unpaired) electrons. The molecule has 0 aromatic carbocycles. The van der Waals surface area contributed by atoms with Crippen molar-refractivity contribution in [3.05, 3.63) is 47.6 Å². The summed E-state index contributed by atoms with van der Waals surface area (Å²) in [5, 5.41) is 0.291. The average molecular weight is 781 g/mol. The summed E-state index contributed by atoms with van der Waals surface area (Å²) < 4.78 is 26.7. The van der Waals surface area contributed by atoms with Crippen molar-refractivity contribution in [2.45, 2.75) is 200 Å². The lowest BCUT2D eigenvalue weighted by molar-refractivity contribution is -0.213. The van der Waals surface area contributed by atoms with Gasteiger partial charge in [0.05, 0.1) is 25.4 Å². The normalized spacial score (nSPS) is 32.4. The maximum atomic E-state index is 13.3. The Hall–Kier alpha value is -1.10. The highest BCUT2D eigenvalue weighted by Gasteiger charge is 2.62. The van der Waals surface area contributed by atoms with Crippen LogP contribution in [-0.2, 0) is 23.1 Å². The molecular weight excluding hydrogens is 701 g/mol. The van der Waals surface area contributed by atoms with Crippen molar-refractivity contribution in [2.75, 3.05) is 13.2 Å². The van der Waals surface area contributed by atoms with Gasteiger partial charge in [-0.1, -0.05) is 99.1 Å². The lowest BCUT2D eigenvalue weighted by Gasteiger charge is -2.45. The number of ether oxygens (including phenoxy) is 2. The summed E-state index contributed by atoms with van der Waals surface area (Å²) in [6, 6.07) is 0. The van der Waals surface area contributed by atoms with Crippen molar-refractivity contribution >= 4 is 22.4 Å². The third-order valence-electron chi connectivity index (χ3n) is 15.8. The Morgan fingerprint density at radius 2 is 1.57 bits per heavy atom. The Morgan fingerprint density at radius 1 is 0.944 bits per heavy atom. The molecule has 306 valence electrons. The number of hydrogen-bond donors (Lipinski definition) is 0. The van der Waals surface area contributed by atoms with E-state index in [1.54, 1.807) is 5.57 Å². The minimum Gasteiger partial charge on any atom is -0.413 e. The van der Waals surface area contributed by atoms with Crippen molar-refractivity contribution in [1.82, 2.24) is 0 Å². The minimum atomic E-state index is -2.01. The van der Waals surface area contributed by atoms with Gasteiger partial charge in [0.25, 0.3) is 0 Å². The van der Waals surface area contributed by atoms with Crippen LogP contribution < -0.4 is 0 Å². The van der Waals surface area contributed by atoms with Gasteiger partial charge in [-0.25, -0.2) is 0 Å².